The van der Waals surface area contributed by atoms with E-state index in [2.05, 4.69) is 51.8 Å². The second-order valence-electron chi connectivity index (χ2n) is 5.31. The maximum atomic E-state index is 5.60. The molecule has 0 radical (unpaired) electrons. The second-order valence-corrected chi connectivity index (χ2v) is 5.31. The first-order valence-corrected chi connectivity index (χ1v) is 6.44. The minimum atomic E-state index is 0.644. The number of anilines is 1. The van der Waals surface area contributed by atoms with Crippen molar-refractivity contribution in [3.63, 3.8) is 0 Å². The summed E-state index contributed by atoms with van der Waals surface area (Å²) in [6.45, 7) is 10.7. The van der Waals surface area contributed by atoms with Gasteiger partial charge in [-0.25, -0.2) is 0 Å². The molecule has 2 N–H and O–H groups in total. The summed E-state index contributed by atoms with van der Waals surface area (Å²) in [6.07, 6.45) is 1.09. The Morgan fingerprint density at radius 2 is 1.71 bits per heavy atom. The number of rotatable bonds is 5. The molecule has 0 fully saturated rings. The monoisotopic (exact) mass is 234 g/mol. The summed E-state index contributed by atoms with van der Waals surface area (Å²) in [5.41, 5.74) is 11.1. The molecule has 17 heavy (non-hydrogen) atoms. The molecule has 0 aliphatic carbocycles. The van der Waals surface area contributed by atoms with Crippen molar-refractivity contribution in [2.24, 2.45) is 11.7 Å². The van der Waals surface area contributed by atoms with E-state index in [1.165, 1.54) is 22.4 Å². The van der Waals surface area contributed by atoms with Crippen LogP contribution in [0.5, 0.6) is 0 Å². The van der Waals surface area contributed by atoms with Crippen molar-refractivity contribution >= 4 is 5.69 Å². The lowest BCUT2D eigenvalue weighted by Crippen LogP contribution is -2.26. The van der Waals surface area contributed by atoms with Crippen LogP contribution in [0, 0.1) is 26.7 Å². The Morgan fingerprint density at radius 3 is 2.18 bits per heavy atom. The average Bonchev–Trinajstić information content (AvgIpc) is 2.15. The highest BCUT2D eigenvalue weighted by molar-refractivity contribution is 5.59. The number of hydrogen-bond acceptors (Lipinski definition) is 2. The van der Waals surface area contributed by atoms with Crippen LogP contribution in [0.15, 0.2) is 12.1 Å². The fourth-order valence-electron chi connectivity index (χ4n) is 2.71. The first kappa shape index (κ1) is 14.0. The van der Waals surface area contributed by atoms with Crippen LogP contribution < -0.4 is 10.6 Å². The molecule has 1 aromatic rings. The molecule has 1 unspecified atom stereocenters. The standard InChI is InChI=1S/C15H26N2/c1-11(6-7-16)10-17(5)15-13(3)8-12(2)9-14(15)4/h8-9,11H,6-7,10,16H2,1-5H3. The Morgan fingerprint density at radius 1 is 1.18 bits per heavy atom. The number of hydrogen-bond donors (Lipinski definition) is 1. The van der Waals surface area contributed by atoms with Gasteiger partial charge in [0.05, 0.1) is 0 Å². The molecule has 0 aliphatic rings. The molecule has 0 saturated carbocycles. The zero-order valence-corrected chi connectivity index (χ0v) is 11.9. The summed E-state index contributed by atoms with van der Waals surface area (Å²) in [6, 6.07) is 4.51. The Labute approximate surface area is 106 Å². The van der Waals surface area contributed by atoms with Crippen molar-refractivity contribution < 1.29 is 0 Å². The Hall–Kier alpha value is -1.02. The fourth-order valence-corrected chi connectivity index (χ4v) is 2.71. The molecule has 1 atom stereocenters. The zero-order chi connectivity index (χ0) is 13.0. The third-order valence-electron chi connectivity index (χ3n) is 3.26. The van der Waals surface area contributed by atoms with Gasteiger partial charge in [0.15, 0.2) is 0 Å². The topological polar surface area (TPSA) is 29.3 Å². The highest BCUT2D eigenvalue weighted by Gasteiger charge is 2.11. The van der Waals surface area contributed by atoms with Gasteiger partial charge in [0.2, 0.25) is 0 Å². The lowest BCUT2D eigenvalue weighted by atomic mass is 10.0. The smallest absolute Gasteiger partial charge is 0.0423 e. The maximum absolute atomic E-state index is 5.60. The van der Waals surface area contributed by atoms with Gasteiger partial charge in [0, 0.05) is 19.3 Å². The van der Waals surface area contributed by atoms with E-state index in [1.807, 2.05) is 0 Å². The third-order valence-corrected chi connectivity index (χ3v) is 3.26. The highest BCUT2D eigenvalue weighted by Crippen LogP contribution is 2.26. The molecule has 96 valence electrons. The van der Waals surface area contributed by atoms with Crippen LogP contribution in [0.2, 0.25) is 0 Å². The molecule has 0 saturated heterocycles. The van der Waals surface area contributed by atoms with Crippen LogP contribution in [0.25, 0.3) is 0 Å². The summed E-state index contributed by atoms with van der Waals surface area (Å²) in [5, 5.41) is 0. The lowest BCUT2D eigenvalue weighted by Gasteiger charge is -2.27. The Bertz CT molecular complexity index is 348. The van der Waals surface area contributed by atoms with Gasteiger partial charge in [-0.15, -0.1) is 0 Å². The van der Waals surface area contributed by atoms with E-state index in [4.69, 9.17) is 5.73 Å². The molecule has 0 aliphatic heterocycles. The van der Waals surface area contributed by atoms with Crippen molar-refractivity contribution in [3.05, 3.63) is 28.8 Å². The quantitative estimate of drug-likeness (QED) is 0.848. The van der Waals surface area contributed by atoms with Crippen molar-refractivity contribution in [3.8, 4) is 0 Å². The lowest BCUT2D eigenvalue weighted by molar-refractivity contribution is 0.539. The van der Waals surface area contributed by atoms with Gasteiger partial charge in [-0.05, 0) is 50.8 Å². The fraction of sp³-hybridized carbons (Fsp3) is 0.600. The van der Waals surface area contributed by atoms with Gasteiger partial charge in [0.25, 0.3) is 0 Å². The van der Waals surface area contributed by atoms with E-state index in [0.717, 1.165) is 19.5 Å². The predicted octanol–water partition coefficient (Wildman–Crippen LogP) is 3.03. The molecule has 1 aromatic carbocycles. The molecular formula is C15H26N2. The predicted molar refractivity (Wildman–Crippen MR) is 76.8 cm³/mol. The Balaban J connectivity index is 2.85. The van der Waals surface area contributed by atoms with E-state index in [0.29, 0.717) is 5.92 Å². The molecule has 0 spiro atoms. The maximum Gasteiger partial charge on any atom is 0.0423 e. The number of nitrogens with zero attached hydrogens (tertiary/aromatic N) is 1. The van der Waals surface area contributed by atoms with Crippen LogP contribution in [-0.2, 0) is 0 Å². The summed E-state index contributed by atoms with van der Waals surface area (Å²) in [7, 11) is 2.18. The van der Waals surface area contributed by atoms with Crippen LogP contribution in [0.1, 0.15) is 30.0 Å². The van der Waals surface area contributed by atoms with Gasteiger partial charge >= 0.3 is 0 Å². The van der Waals surface area contributed by atoms with E-state index in [9.17, 15) is 0 Å². The molecule has 1 rings (SSSR count). The van der Waals surface area contributed by atoms with Crippen LogP contribution in [-0.4, -0.2) is 20.1 Å². The van der Waals surface area contributed by atoms with Crippen LogP contribution in [0.4, 0.5) is 5.69 Å². The number of benzene rings is 1. The minimum Gasteiger partial charge on any atom is -0.374 e. The summed E-state index contributed by atoms with van der Waals surface area (Å²) < 4.78 is 0. The summed E-state index contributed by atoms with van der Waals surface area (Å²) in [5.74, 6) is 0.644. The van der Waals surface area contributed by atoms with E-state index in [1.54, 1.807) is 0 Å². The first-order valence-electron chi connectivity index (χ1n) is 6.44. The van der Waals surface area contributed by atoms with Crippen molar-refractivity contribution in [1.29, 1.82) is 0 Å². The second kappa shape index (κ2) is 6.06. The third kappa shape index (κ3) is 3.74. The van der Waals surface area contributed by atoms with Crippen LogP contribution in [0.3, 0.4) is 0 Å². The Kier molecular flexibility index (Phi) is 5.01. The van der Waals surface area contributed by atoms with Gasteiger partial charge in [-0.3, -0.25) is 0 Å². The molecule has 0 amide bonds. The van der Waals surface area contributed by atoms with E-state index in [-0.39, 0.29) is 0 Å². The van der Waals surface area contributed by atoms with Crippen molar-refractivity contribution in [2.75, 3.05) is 25.0 Å². The molecule has 0 heterocycles. The number of nitrogens with two attached hydrogens (primary N) is 1. The molecule has 0 bridgehead atoms. The van der Waals surface area contributed by atoms with Gasteiger partial charge in [0.1, 0.15) is 0 Å². The largest absolute Gasteiger partial charge is 0.374 e. The van der Waals surface area contributed by atoms with Gasteiger partial charge in [-0.1, -0.05) is 24.6 Å². The zero-order valence-electron chi connectivity index (χ0n) is 11.9. The number of aryl methyl sites for hydroxylation is 3. The van der Waals surface area contributed by atoms with Crippen molar-refractivity contribution in [1.82, 2.24) is 0 Å². The van der Waals surface area contributed by atoms with Crippen LogP contribution >= 0.6 is 0 Å². The van der Waals surface area contributed by atoms with E-state index >= 15 is 0 Å². The minimum absolute atomic E-state index is 0.644. The molecule has 2 nitrogen and oxygen atoms in total. The van der Waals surface area contributed by atoms with Gasteiger partial charge < -0.3 is 10.6 Å². The molecule has 2 heteroatoms. The average molecular weight is 234 g/mol. The molecule has 0 aromatic heterocycles. The highest BCUT2D eigenvalue weighted by atomic mass is 15.1. The SMILES string of the molecule is Cc1cc(C)c(N(C)CC(C)CCN)c(C)c1. The van der Waals surface area contributed by atoms with E-state index < -0.39 is 0 Å². The van der Waals surface area contributed by atoms with Gasteiger partial charge in [-0.2, -0.15) is 0 Å². The van der Waals surface area contributed by atoms with Crippen molar-refractivity contribution in [2.45, 2.75) is 34.1 Å². The first-order chi connectivity index (χ1) is 7.95. The normalized spacial score (nSPS) is 12.6. The summed E-state index contributed by atoms with van der Waals surface area (Å²) in [4.78, 5) is 2.37. The molecular weight excluding hydrogens is 208 g/mol. The summed E-state index contributed by atoms with van der Waals surface area (Å²) >= 11 is 0.